The molecule has 0 fully saturated rings. The van der Waals surface area contributed by atoms with Crippen molar-refractivity contribution in [3.8, 4) is 5.75 Å². The van der Waals surface area contributed by atoms with Crippen molar-refractivity contribution in [1.82, 2.24) is 15.1 Å². The molecule has 0 saturated carbocycles. The molecule has 2 rings (SSSR count). The first kappa shape index (κ1) is 17.3. The average Bonchev–Trinajstić information content (AvgIpc) is 2.82. The van der Waals surface area contributed by atoms with E-state index >= 15 is 0 Å². The van der Waals surface area contributed by atoms with Gasteiger partial charge in [0.1, 0.15) is 11.6 Å². The van der Waals surface area contributed by atoms with E-state index in [0.717, 1.165) is 30.2 Å². The molecule has 2 aromatic rings. The fourth-order valence-electron chi connectivity index (χ4n) is 3.11. The number of nitrogens with zero attached hydrogens (tertiary/aromatic N) is 3. The number of ether oxygens (including phenoxy) is 1. The highest BCUT2D eigenvalue weighted by Crippen LogP contribution is 2.28. The Balaban J connectivity index is 2.22. The summed E-state index contributed by atoms with van der Waals surface area (Å²) in [6.45, 7) is 5.03. The van der Waals surface area contributed by atoms with E-state index in [4.69, 9.17) is 4.74 Å². The van der Waals surface area contributed by atoms with E-state index < -0.39 is 0 Å². The van der Waals surface area contributed by atoms with Crippen molar-refractivity contribution >= 4 is 5.82 Å². The molecule has 0 unspecified atom stereocenters. The minimum absolute atomic E-state index is 0.251. The van der Waals surface area contributed by atoms with Gasteiger partial charge >= 0.3 is 0 Å². The van der Waals surface area contributed by atoms with Gasteiger partial charge in [0.15, 0.2) is 0 Å². The summed E-state index contributed by atoms with van der Waals surface area (Å²) in [4.78, 5) is 2.11. The van der Waals surface area contributed by atoms with Crippen LogP contribution in [0.4, 0.5) is 5.82 Å². The molecule has 0 aliphatic carbocycles. The summed E-state index contributed by atoms with van der Waals surface area (Å²) in [6.07, 6.45) is 0.997. The highest BCUT2D eigenvalue weighted by Gasteiger charge is 2.18. The lowest BCUT2D eigenvalue weighted by Crippen LogP contribution is -2.23. The number of anilines is 1. The van der Waals surface area contributed by atoms with E-state index in [1.54, 1.807) is 7.11 Å². The van der Waals surface area contributed by atoms with Crippen LogP contribution in [0.3, 0.4) is 0 Å². The van der Waals surface area contributed by atoms with Gasteiger partial charge in [-0.3, -0.25) is 4.68 Å². The van der Waals surface area contributed by atoms with E-state index in [0.29, 0.717) is 0 Å². The van der Waals surface area contributed by atoms with Crippen LogP contribution in [0, 0.1) is 6.92 Å². The zero-order valence-electron chi connectivity index (χ0n) is 15.1. The molecule has 0 bridgehead atoms. The van der Waals surface area contributed by atoms with Gasteiger partial charge in [0.05, 0.1) is 12.8 Å². The highest BCUT2D eigenvalue weighted by molar-refractivity contribution is 5.49. The second kappa shape index (κ2) is 7.51. The second-order valence-corrected chi connectivity index (χ2v) is 5.99. The molecule has 1 atom stereocenters. The Morgan fingerprint density at radius 1 is 1.30 bits per heavy atom. The van der Waals surface area contributed by atoms with Gasteiger partial charge in [-0.05, 0) is 19.4 Å². The van der Waals surface area contributed by atoms with E-state index in [9.17, 15) is 0 Å². The SMILES string of the molecule is CC[C@@H](NCc1c(C)nn(C)c1N(C)C)c1ccccc1OC. The summed E-state index contributed by atoms with van der Waals surface area (Å²) >= 11 is 0. The average molecular weight is 316 g/mol. The number of aromatic nitrogens is 2. The monoisotopic (exact) mass is 316 g/mol. The molecule has 0 amide bonds. The van der Waals surface area contributed by atoms with Crippen molar-refractivity contribution in [2.45, 2.75) is 32.9 Å². The van der Waals surface area contributed by atoms with Crippen LogP contribution in [-0.4, -0.2) is 31.0 Å². The number of rotatable bonds is 7. The molecule has 0 aliphatic heterocycles. The number of methoxy groups -OCH3 is 1. The summed E-state index contributed by atoms with van der Waals surface area (Å²) in [5.74, 6) is 2.08. The lowest BCUT2D eigenvalue weighted by molar-refractivity contribution is 0.396. The van der Waals surface area contributed by atoms with Gasteiger partial charge in [-0.1, -0.05) is 25.1 Å². The predicted molar refractivity (Wildman–Crippen MR) is 95.1 cm³/mol. The smallest absolute Gasteiger partial charge is 0.130 e. The predicted octanol–water partition coefficient (Wildman–Crippen LogP) is 3.04. The Morgan fingerprint density at radius 2 is 2.00 bits per heavy atom. The number of hydrogen-bond donors (Lipinski definition) is 1. The number of hydrogen-bond acceptors (Lipinski definition) is 4. The van der Waals surface area contributed by atoms with Crippen molar-refractivity contribution in [3.63, 3.8) is 0 Å². The molecule has 1 aromatic heterocycles. The maximum Gasteiger partial charge on any atom is 0.130 e. The van der Waals surface area contributed by atoms with Crippen LogP contribution in [0.25, 0.3) is 0 Å². The summed E-state index contributed by atoms with van der Waals surface area (Å²) < 4.78 is 7.45. The van der Waals surface area contributed by atoms with Crippen LogP contribution in [0.1, 0.15) is 36.2 Å². The van der Waals surface area contributed by atoms with Gasteiger partial charge in [0.25, 0.3) is 0 Å². The minimum atomic E-state index is 0.251. The van der Waals surface area contributed by atoms with Gasteiger partial charge in [-0.25, -0.2) is 0 Å². The quantitative estimate of drug-likeness (QED) is 0.852. The Morgan fingerprint density at radius 3 is 2.61 bits per heavy atom. The van der Waals surface area contributed by atoms with E-state index in [1.165, 1.54) is 11.1 Å². The number of aryl methyl sites for hydroxylation is 2. The Kier molecular flexibility index (Phi) is 5.66. The van der Waals surface area contributed by atoms with Crippen molar-refractivity contribution in [2.75, 3.05) is 26.1 Å². The molecular weight excluding hydrogens is 288 g/mol. The molecule has 5 heteroatoms. The summed E-state index contributed by atoms with van der Waals surface area (Å²) in [5.41, 5.74) is 3.51. The van der Waals surface area contributed by atoms with E-state index in [2.05, 4.69) is 55.4 Å². The molecule has 5 nitrogen and oxygen atoms in total. The molecule has 0 radical (unpaired) electrons. The van der Waals surface area contributed by atoms with Crippen LogP contribution in [-0.2, 0) is 13.6 Å². The third kappa shape index (κ3) is 3.67. The Hall–Kier alpha value is -2.01. The van der Waals surface area contributed by atoms with Crippen molar-refractivity contribution in [2.24, 2.45) is 7.05 Å². The molecule has 1 N–H and O–H groups in total. The number of para-hydroxylation sites is 1. The van der Waals surface area contributed by atoms with Crippen molar-refractivity contribution < 1.29 is 4.74 Å². The van der Waals surface area contributed by atoms with Crippen LogP contribution >= 0.6 is 0 Å². The third-order valence-corrected chi connectivity index (χ3v) is 4.18. The maximum absolute atomic E-state index is 5.51. The topological polar surface area (TPSA) is 42.3 Å². The van der Waals surface area contributed by atoms with Gasteiger partial charge < -0.3 is 15.0 Å². The molecule has 1 aromatic carbocycles. The molecular formula is C18H28N4O. The fourth-order valence-corrected chi connectivity index (χ4v) is 3.11. The van der Waals surface area contributed by atoms with Crippen molar-refractivity contribution in [1.29, 1.82) is 0 Å². The minimum Gasteiger partial charge on any atom is -0.496 e. The molecule has 0 aliphatic rings. The van der Waals surface area contributed by atoms with Crippen LogP contribution in [0.2, 0.25) is 0 Å². The Labute approximate surface area is 139 Å². The summed E-state index contributed by atoms with van der Waals surface area (Å²) in [7, 11) is 7.82. The molecule has 1 heterocycles. The summed E-state index contributed by atoms with van der Waals surface area (Å²) in [6, 6.07) is 8.46. The van der Waals surface area contributed by atoms with Crippen LogP contribution in [0.5, 0.6) is 5.75 Å². The lowest BCUT2D eigenvalue weighted by Gasteiger charge is -2.21. The molecule has 0 saturated heterocycles. The van der Waals surface area contributed by atoms with E-state index in [-0.39, 0.29) is 6.04 Å². The fraction of sp³-hybridized carbons (Fsp3) is 0.500. The lowest BCUT2D eigenvalue weighted by atomic mass is 10.0. The standard InChI is InChI=1S/C18H28N4O/c1-7-16(14-10-8-9-11-17(14)23-6)19-12-15-13(2)20-22(5)18(15)21(3)4/h8-11,16,19H,7,12H2,1-6H3/t16-/m1/s1. The van der Waals surface area contributed by atoms with Crippen LogP contribution in [0.15, 0.2) is 24.3 Å². The van der Waals surface area contributed by atoms with Gasteiger partial charge in [-0.2, -0.15) is 5.10 Å². The van der Waals surface area contributed by atoms with Gasteiger partial charge in [-0.15, -0.1) is 0 Å². The summed E-state index contributed by atoms with van der Waals surface area (Å²) in [5, 5.41) is 8.22. The first-order chi connectivity index (χ1) is 11.0. The third-order valence-electron chi connectivity index (χ3n) is 4.18. The largest absolute Gasteiger partial charge is 0.496 e. The van der Waals surface area contributed by atoms with E-state index in [1.807, 2.05) is 23.9 Å². The first-order valence-corrected chi connectivity index (χ1v) is 8.05. The van der Waals surface area contributed by atoms with Gasteiger partial charge in [0.2, 0.25) is 0 Å². The number of benzene rings is 1. The molecule has 23 heavy (non-hydrogen) atoms. The Bertz CT molecular complexity index is 648. The maximum atomic E-state index is 5.51. The second-order valence-electron chi connectivity index (χ2n) is 5.99. The number of nitrogens with one attached hydrogen (secondary N) is 1. The normalized spacial score (nSPS) is 12.3. The zero-order chi connectivity index (χ0) is 17.0. The highest BCUT2D eigenvalue weighted by atomic mass is 16.5. The zero-order valence-corrected chi connectivity index (χ0v) is 15.1. The van der Waals surface area contributed by atoms with Crippen molar-refractivity contribution in [3.05, 3.63) is 41.1 Å². The molecule has 0 spiro atoms. The molecule has 126 valence electrons. The van der Waals surface area contributed by atoms with Gasteiger partial charge in [0, 0.05) is 44.9 Å². The first-order valence-electron chi connectivity index (χ1n) is 8.05. The van der Waals surface area contributed by atoms with Crippen LogP contribution < -0.4 is 15.0 Å².